The lowest BCUT2D eigenvalue weighted by molar-refractivity contribution is 0.0953. The van der Waals surface area contributed by atoms with Crippen LogP contribution in [-0.4, -0.2) is 28.2 Å². The number of amides is 1. The van der Waals surface area contributed by atoms with Gasteiger partial charge in [0.2, 0.25) is 5.78 Å². The highest BCUT2D eigenvalue weighted by Gasteiger charge is 2.33. The first kappa shape index (κ1) is 16.6. The van der Waals surface area contributed by atoms with Crippen molar-refractivity contribution < 1.29 is 18.8 Å². The summed E-state index contributed by atoms with van der Waals surface area (Å²) in [4.78, 5) is 41.1. The first-order valence-corrected chi connectivity index (χ1v) is 8.13. The Labute approximate surface area is 153 Å². The molecule has 1 amide bonds. The molecule has 2 heterocycles. The van der Waals surface area contributed by atoms with Crippen LogP contribution in [0.5, 0.6) is 0 Å². The third-order valence-corrected chi connectivity index (χ3v) is 4.22. The zero-order valence-electron chi connectivity index (χ0n) is 14.2. The van der Waals surface area contributed by atoms with E-state index in [0.717, 1.165) is 0 Å². The van der Waals surface area contributed by atoms with Crippen molar-refractivity contribution in [3.63, 3.8) is 0 Å². The van der Waals surface area contributed by atoms with Gasteiger partial charge in [0.05, 0.1) is 5.56 Å². The van der Waals surface area contributed by atoms with Crippen LogP contribution >= 0.6 is 0 Å². The van der Waals surface area contributed by atoms with Gasteiger partial charge in [0.25, 0.3) is 5.91 Å². The molecule has 1 aliphatic rings. The minimum absolute atomic E-state index is 0.0105. The second kappa shape index (κ2) is 6.45. The third-order valence-electron chi connectivity index (χ3n) is 4.22. The second-order valence-corrected chi connectivity index (χ2v) is 5.93. The molecular weight excluding hydrogens is 346 g/mol. The Balaban J connectivity index is 1.62. The molecule has 0 aliphatic heterocycles. The van der Waals surface area contributed by atoms with E-state index in [1.165, 1.54) is 18.5 Å². The van der Waals surface area contributed by atoms with E-state index in [0.29, 0.717) is 22.4 Å². The van der Waals surface area contributed by atoms with E-state index < -0.39 is 5.91 Å². The van der Waals surface area contributed by atoms with E-state index in [1.54, 1.807) is 43.3 Å². The normalized spacial score (nSPS) is 13.1. The number of furan rings is 1. The second-order valence-electron chi connectivity index (χ2n) is 5.93. The van der Waals surface area contributed by atoms with Gasteiger partial charge >= 0.3 is 0 Å². The number of rotatable bonds is 3. The number of aromatic nitrogens is 1. The molecule has 0 radical (unpaired) electrons. The monoisotopic (exact) mass is 359 g/mol. The van der Waals surface area contributed by atoms with Gasteiger partial charge in [0, 0.05) is 29.1 Å². The van der Waals surface area contributed by atoms with Crippen LogP contribution in [0.25, 0.3) is 0 Å². The van der Waals surface area contributed by atoms with Crippen molar-refractivity contribution in [1.82, 2.24) is 10.4 Å². The summed E-state index contributed by atoms with van der Waals surface area (Å²) in [5.74, 6) is -0.801. The van der Waals surface area contributed by atoms with Crippen molar-refractivity contribution in [2.24, 2.45) is 5.10 Å². The molecule has 1 aliphatic carbocycles. The SMILES string of the molecule is C/C(=N\NC(=O)c1ccncc1)c1cc2c(o1)C(=O)c1ccccc1C2=O. The van der Waals surface area contributed by atoms with E-state index in [4.69, 9.17) is 4.42 Å². The maximum absolute atomic E-state index is 12.6. The molecule has 0 unspecified atom stereocenters. The molecule has 2 aromatic heterocycles. The zero-order chi connectivity index (χ0) is 19.0. The van der Waals surface area contributed by atoms with Gasteiger partial charge in [-0.1, -0.05) is 24.3 Å². The average molecular weight is 359 g/mol. The number of benzene rings is 1. The minimum atomic E-state index is -0.410. The zero-order valence-corrected chi connectivity index (χ0v) is 14.2. The predicted octanol–water partition coefficient (Wildman–Crippen LogP) is 2.60. The minimum Gasteiger partial charge on any atom is -0.450 e. The van der Waals surface area contributed by atoms with E-state index in [-0.39, 0.29) is 28.7 Å². The summed E-state index contributed by atoms with van der Waals surface area (Å²) in [6.45, 7) is 1.61. The van der Waals surface area contributed by atoms with Crippen molar-refractivity contribution >= 4 is 23.2 Å². The largest absolute Gasteiger partial charge is 0.450 e. The highest BCUT2D eigenvalue weighted by Crippen LogP contribution is 2.29. The Morgan fingerprint density at radius 2 is 1.67 bits per heavy atom. The van der Waals surface area contributed by atoms with Gasteiger partial charge in [0.1, 0.15) is 5.71 Å². The molecule has 27 heavy (non-hydrogen) atoms. The van der Waals surface area contributed by atoms with Gasteiger partial charge in [-0.3, -0.25) is 19.4 Å². The van der Waals surface area contributed by atoms with Crippen LogP contribution in [0.4, 0.5) is 0 Å². The molecule has 0 bridgehead atoms. The highest BCUT2D eigenvalue weighted by atomic mass is 16.4. The summed E-state index contributed by atoms with van der Waals surface area (Å²) in [7, 11) is 0. The summed E-state index contributed by atoms with van der Waals surface area (Å²) in [5, 5.41) is 3.99. The molecule has 3 aromatic rings. The molecule has 1 aromatic carbocycles. The van der Waals surface area contributed by atoms with Crippen LogP contribution in [0.15, 0.2) is 64.4 Å². The molecule has 7 nitrogen and oxygen atoms in total. The van der Waals surface area contributed by atoms with Crippen molar-refractivity contribution in [2.45, 2.75) is 6.92 Å². The smallest absolute Gasteiger partial charge is 0.271 e. The van der Waals surface area contributed by atoms with Gasteiger partial charge in [-0.25, -0.2) is 5.43 Å². The maximum atomic E-state index is 12.6. The number of hydrazone groups is 1. The first-order chi connectivity index (χ1) is 13.1. The van der Waals surface area contributed by atoms with Crippen LogP contribution in [0, 0.1) is 0 Å². The van der Waals surface area contributed by atoms with Gasteiger partial charge < -0.3 is 4.42 Å². The van der Waals surface area contributed by atoms with Gasteiger partial charge in [0.15, 0.2) is 17.3 Å². The molecule has 1 N–H and O–H groups in total. The Kier molecular flexibility index (Phi) is 3.97. The fourth-order valence-electron chi connectivity index (χ4n) is 2.81. The third kappa shape index (κ3) is 2.85. The summed E-state index contributed by atoms with van der Waals surface area (Å²) in [6.07, 6.45) is 3.00. The molecule has 4 rings (SSSR count). The van der Waals surface area contributed by atoms with Crippen LogP contribution in [-0.2, 0) is 0 Å². The fourth-order valence-corrected chi connectivity index (χ4v) is 2.81. The molecule has 132 valence electrons. The van der Waals surface area contributed by atoms with E-state index in [1.807, 2.05) is 0 Å². The van der Waals surface area contributed by atoms with E-state index in [2.05, 4.69) is 15.5 Å². The number of carbonyl (C=O) groups excluding carboxylic acids is 3. The lowest BCUT2D eigenvalue weighted by Gasteiger charge is -2.11. The Morgan fingerprint density at radius 3 is 2.37 bits per heavy atom. The van der Waals surface area contributed by atoms with Gasteiger partial charge in [-0.05, 0) is 25.1 Å². The average Bonchev–Trinajstić information content (AvgIpc) is 3.17. The maximum Gasteiger partial charge on any atom is 0.271 e. The van der Waals surface area contributed by atoms with Crippen LogP contribution in [0.2, 0.25) is 0 Å². The van der Waals surface area contributed by atoms with Crippen LogP contribution in [0.3, 0.4) is 0 Å². The molecule has 0 saturated heterocycles. The number of fused-ring (bicyclic) bond motifs is 2. The number of carbonyl (C=O) groups is 3. The molecule has 7 heteroatoms. The highest BCUT2D eigenvalue weighted by molar-refractivity contribution is 6.27. The summed E-state index contributed by atoms with van der Waals surface area (Å²) >= 11 is 0. The first-order valence-electron chi connectivity index (χ1n) is 8.13. The van der Waals surface area contributed by atoms with E-state index in [9.17, 15) is 14.4 Å². The summed E-state index contributed by atoms with van der Waals surface area (Å²) < 4.78 is 5.58. The number of nitrogens with one attached hydrogen (secondary N) is 1. The molecule has 0 saturated carbocycles. The summed E-state index contributed by atoms with van der Waals surface area (Å²) in [5.41, 5.74) is 4.01. The van der Waals surface area contributed by atoms with Gasteiger partial charge in [-0.2, -0.15) is 5.10 Å². The van der Waals surface area contributed by atoms with Crippen molar-refractivity contribution in [3.8, 4) is 0 Å². The summed E-state index contributed by atoms with van der Waals surface area (Å²) in [6, 6.07) is 11.2. The van der Waals surface area contributed by atoms with E-state index >= 15 is 0 Å². The predicted molar refractivity (Wildman–Crippen MR) is 95.9 cm³/mol. The Hall–Kier alpha value is -3.87. The van der Waals surface area contributed by atoms with Crippen LogP contribution in [0.1, 0.15) is 55.1 Å². The number of pyridine rings is 1. The standard InChI is InChI=1S/C20H13N3O4/c1-11(22-23-20(26)12-6-8-21-9-7-12)16-10-15-17(24)13-4-2-3-5-14(13)18(25)19(15)27-16/h2-10H,1H3,(H,23,26)/b22-11+. The number of hydrogen-bond donors (Lipinski definition) is 1. The fraction of sp³-hybridized carbons (Fsp3) is 0.0500. The van der Waals surface area contributed by atoms with Crippen LogP contribution < -0.4 is 5.43 Å². The van der Waals surface area contributed by atoms with Gasteiger partial charge in [-0.15, -0.1) is 0 Å². The quantitative estimate of drug-likeness (QED) is 0.447. The van der Waals surface area contributed by atoms with Crippen molar-refractivity contribution in [3.05, 3.63) is 88.6 Å². The molecule has 0 atom stereocenters. The van der Waals surface area contributed by atoms with Crippen molar-refractivity contribution in [1.29, 1.82) is 0 Å². The lowest BCUT2D eigenvalue weighted by atomic mass is 9.88. The number of hydrogen-bond acceptors (Lipinski definition) is 6. The molecule has 0 spiro atoms. The number of nitrogens with zero attached hydrogens (tertiary/aromatic N) is 2. The number of ketones is 2. The Morgan fingerprint density at radius 1 is 1.00 bits per heavy atom. The molecular formula is C20H13N3O4. The molecule has 0 fully saturated rings. The Bertz CT molecular complexity index is 1060. The topological polar surface area (TPSA) is 102 Å². The van der Waals surface area contributed by atoms with Crippen molar-refractivity contribution in [2.75, 3.05) is 0 Å². The lowest BCUT2D eigenvalue weighted by Crippen LogP contribution is -2.19.